The number of carbonyl (C=O) groups is 1. The molecular weight excluding hydrogens is 863 g/mol. The van der Waals surface area contributed by atoms with Gasteiger partial charge in [-0.2, -0.15) is 13.2 Å². The van der Waals surface area contributed by atoms with Crippen LogP contribution in [0.25, 0.3) is 5.57 Å². The molecule has 1 amide bonds. The molecule has 0 radical (unpaired) electrons. The zero-order valence-corrected chi connectivity index (χ0v) is 39.6. The third kappa shape index (κ3) is 14.9. The number of unbranched alkanes of at least 4 members (excludes halogenated alkanes) is 1. The number of thioether (sulfide) groups is 2. The van der Waals surface area contributed by atoms with E-state index in [0.29, 0.717) is 15.9 Å². The molecule has 4 aromatic rings. The average molecular weight is 925 g/mol. The van der Waals surface area contributed by atoms with Crippen LogP contribution in [0.15, 0.2) is 117 Å². The zero-order valence-electron chi connectivity index (χ0n) is 36.4. The number of nitrogens with one attached hydrogen (secondary N) is 1. The van der Waals surface area contributed by atoms with Crippen LogP contribution in [0.4, 0.5) is 24.5 Å². The van der Waals surface area contributed by atoms with Gasteiger partial charge in [0.15, 0.2) is 0 Å². The van der Waals surface area contributed by atoms with Gasteiger partial charge in [-0.05, 0) is 163 Å². The molecular formula is C49H61ClF3N5OS3. The molecule has 2 fully saturated rings. The molecule has 0 bridgehead atoms. The van der Waals surface area contributed by atoms with E-state index in [1.165, 1.54) is 78.4 Å². The number of nitrogens with two attached hydrogens (primary N) is 1. The molecule has 0 unspecified atom stereocenters. The third-order valence-corrected chi connectivity index (χ3v) is 14.9. The summed E-state index contributed by atoms with van der Waals surface area (Å²) in [6.07, 6.45) is 6.05. The molecule has 334 valence electrons. The second kappa shape index (κ2) is 22.6. The fourth-order valence-corrected chi connectivity index (χ4v) is 10.5. The lowest BCUT2D eigenvalue weighted by Gasteiger charge is -2.41. The number of hydrogen-bond acceptors (Lipinski definition) is 8. The maximum Gasteiger partial charge on any atom is 0.446 e. The molecule has 7 rings (SSSR count). The number of alkyl halides is 3. The van der Waals surface area contributed by atoms with Crippen LogP contribution in [-0.2, 0) is 0 Å². The van der Waals surface area contributed by atoms with Crippen LogP contribution in [0.3, 0.4) is 0 Å². The maximum atomic E-state index is 12.8. The predicted molar refractivity (Wildman–Crippen MR) is 258 cm³/mol. The van der Waals surface area contributed by atoms with Crippen LogP contribution in [0.5, 0.6) is 0 Å². The smallest absolute Gasteiger partial charge is 0.398 e. The lowest BCUT2D eigenvalue weighted by molar-refractivity contribution is -0.0328. The first-order valence-corrected chi connectivity index (χ1v) is 24.7. The molecule has 13 heteroatoms. The van der Waals surface area contributed by atoms with Gasteiger partial charge in [0.05, 0.1) is 0 Å². The van der Waals surface area contributed by atoms with Crippen molar-refractivity contribution >= 4 is 69.9 Å². The summed E-state index contributed by atoms with van der Waals surface area (Å²) in [7, 11) is 0. The van der Waals surface area contributed by atoms with Gasteiger partial charge in [-0.25, -0.2) is 0 Å². The van der Waals surface area contributed by atoms with Crippen molar-refractivity contribution in [3.63, 3.8) is 0 Å². The minimum absolute atomic E-state index is 0.0390. The lowest BCUT2D eigenvalue weighted by atomic mass is 9.73. The van der Waals surface area contributed by atoms with Gasteiger partial charge in [-0.15, -0.1) is 11.8 Å². The van der Waals surface area contributed by atoms with Gasteiger partial charge in [-0.1, -0.05) is 75.2 Å². The monoisotopic (exact) mass is 923 g/mol. The molecule has 2 aliphatic heterocycles. The summed E-state index contributed by atoms with van der Waals surface area (Å²) in [5.74, 6) is 2.76. The highest BCUT2D eigenvalue weighted by atomic mass is 35.5. The Kier molecular flexibility index (Phi) is 17.6. The highest BCUT2D eigenvalue weighted by molar-refractivity contribution is 8.00. The Hall–Kier alpha value is -3.26. The van der Waals surface area contributed by atoms with Crippen LogP contribution < -0.4 is 15.4 Å². The average Bonchev–Trinajstić information content (AvgIpc) is 3.22. The summed E-state index contributed by atoms with van der Waals surface area (Å²) in [6.45, 7) is 18.0. The summed E-state index contributed by atoms with van der Waals surface area (Å²) in [6, 6.07) is 30.7. The Labute approximate surface area is 385 Å². The number of amides is 1. The van der Waals surface area contributed by atoms with E-state index >= 15 is 0 Å². The minimum Gasteiger partial charge on any atom is -0.398 e. The number of likely N-dealkylation sites (tertiary alicyclic amines) is 1. The van der Waals surface area contributed by atoms with Gasteiger partial charge >= 0.3 is 5.51 Å². The van der Waals surface area contributed by atoms with E-state index in [0.717, 1.165) is 80.1 Å². The predicted octanol–water partition coefficient (Wildman–Crippen LogP) is 12.9. The van der Waals surface area contributed by atoms with Crippen molar-refractivity contribution in [3.05, 3.63) is 119 Å². The van der Waals surface area contributed by atoms with Crippen molar-refractivity contribution in [1.29, 1.82) is 0 Å². The van der Waals surface area contributed by atoms with E-state index in [1.807, 2.05) is 36.0 Å². The van der Waals surface area contributed by atoms with Gasteiger partial charge in [-0.3, -0.25) is 14.4 Å². The lowest BCUT2D eigenvalue weighted by Crippen LogP contribution is -2.49. The standard InChI is InChI=1S/C33H36ClF3N4OS2.C16H25NS/c1-32(2)14-13-28(22-3-7-25(34)8-4-22)24(20-32)21-40-15-17-41(18-16-40)26-9-5-23(6-10-26)31(42)39-44-27-11-12-29(38)30(19-27)43-33(35,36)37;1-14(2)15-12-17(13-15)10-6-7-11-18-16-8-4-3-5-9-16/h3-12,19H,13-18,20-21,38H2,1-2H3,(H,39,42);3-5,8-9,14-15H,6-7,10-13H2,1-2H3. The molecule has 1 aliphatic carbocycles. The molecule has 2 heterocycles. The minimum atomic E-state index is -4.44. The van der Waals surface area contributed by atoms with Crippen molar-refractivity contribution < 1.29 is 18.0 Å². The molecule has 0 saturated carbocycles. The highest BCUT2D eigenvalue weighted by Crippen LogP contribution is 2.43. The van der Waals surface area contributed by atoms with Crippen LogP contribution >= 0.6 is 47.1 Å². The Morgan fingerprint density at radius 3 is 2.24 bits per heavy atom. The summed E-state index contributed by atoms with van der Waals surface area (Å²) in [5.41, 5.74) is 7.37. The number of hydrogen-bond donors (Lipinski definition) is 2. The van der Waals surface area contributed by atoms with Gasteiger partial charge in [0.2, 0.25) is 0 Å². The van der Waals surface area contributed by atoms with E-state index in [9.17, 15) is 18.0 Å². The largest absolute Gasteiger partial charge is 0.446 e. The van der Waals surface area contributed by atoms with Crippen LogP contribution in [-0.4, -0.2) is 79.3 Å². The molecule has 2 saturated heterocycles. The summed E-state index contributed by atoms with van der Waals surface area (Å²) < 4.78 is 41.1. The maximum absolute atomic E-state index is 12.8. The Balaban J connectivity index is 0.000000297. The third-order valence-electron chi connectivity index (χ3n) is 11.9. The fourth-order valence-electron chi connectivity index (χ4n) is 8.14. The van der Waals surface area contributed by atoms with Crippen molar-refractivity contribution in [1.82, 2.24) is 14.5 Å². The second-order valence-corrected chi connectivity index (χ2v) is 21.2. The van der Waals surface area contributed by atoms with Crippen molar-refractivity contribution in [2.45, 2.75) is 80.0 Å². The molecule has 3 N–H and O–H groups in total. The first-order chi connectivity index (χ1) is 29.6. The van der Waals surface area contributed by atoms with Crippen LogP contribution in [0.2, 0.25) is 5.02 Å². The van der Waals surface area contributed by atoms with E-state index in [4.69, 9.17) is 17.3 Å². The van der Waals surface area contributed by atoms with E-state index in [1.54, 1.807) is 18.2 Å². The van der Waals surface area contributed by atoms with Gasteiger partial charge in [0.25, 0.3) is 5.91 Å². The number of benzene rings is 4. The number of rotatable bonds is 15. The normalized spacial score (nSPS) is 17.4. The Morgan fingerprint density at radius 2 is 1.58 bits per heavy atom. The van der Waals surface area contributed by atoms with Gasteiger partial charge in [0.1, 0.15) is 0 Å². The number of nitrogens with zero attached hydrogens (tertiary/aromatic N) is 3. The van der Waals surface area contributed by atoms with Crippen molar-refractivity contribution in [2.24, 2.45) is 17.3 Å². The molecule has 6 nitrogen and oxygen atoms in total. The SMILES string of the molecule is CC(C)C1CN(CCCCSc2ccccc2)C1.CC1(C)CCC(c2ccc(Cl)cc2)=C(CN2CCN(c3ccc(C(=O)NSc4ccc(N)c(SC(F)(F)F)c4)cc3)CC2)C1. The number of halogens is 4. The number of piperazine rings is 1. The first-order valence-electron chi connectivity index (χ1n) is 21.7. The zero-order chi connectivity index (χ0) is 44.3. The van der Waals surface area contributed by atoms with Crippen LogP contribution in [0.1, 0.15) is 75.7 Å². The number of anilines is 2. The second-order valence-electron chi connectivity index (χ2n) is 17.7. The molecule has 3 aliphatic rings. The fraction of sp³-hybridized carbons (Fsp3) is 0.449. The highest BCUT2D eigenvalue weighted by Gasteiger charge is 2.32. The molecule has 0 atom stereocenters. The summed E-state index contributed by atoms with van der Waals surface area (Å²) >= 11 is 8.83. The van der Waals surface area contributed by atoms with E-state index in [2.05, 4.69) is 89.6 Å². The Bertz CT molecular complexity index is 2070. The van der Waals surface area contributed by atoms with E-state index < -0.39 is 5.51 Å². The van der Waals surface area contributed by atoms with E-state index in [-0.39, 0.29) is 28.3 Å². The van der Waals surface area contributed by atoms with Gasteiger partial charge < -0.3 is 15.5 Å². The topological polar surface area (TPSA) is 64.8 Å². The molecule has 4 aromatic carbocycles. The molecule has 0 aromatic heterocycles. The summed E-state index contributed by atoms with van der Waals surface area (Å²) in [5, 5.41) is 0.759. The number of allylic oxidation sites excluding steroid dienone is 1. The summed E-state index contributed by atoms with van der Waals surface area (Å²) in [4.78, 5) is 22.0. The van der Waals surface area contributed by atoms with Crippen molar-refractivity contribution in [3.8, 4) is 0 Å². The quantitative estimate of drug-likeness (QED) is 0.0529. The van der Waals surface area contributed by atoms with Gasteiger partial charge in [0, 0.05) is 82.5 Å². The van der Waals surface area contributed by atoms with Crippen molar-refractivity contribution in [2.75, 3.05) is 68.7 Å². The molecule has 0 spiro atoms. The molecule has 62 heavy (non-hydrogen) atoms. The first kappa shape index (κ1) is 48.2. The van der Waals surface area contributed by atoms with Crippen LogP contribution in [0, 0.1) is 17.3 Å². The Morgan fingerprint density at radius 1 is 0.887 bits per heavy atom. The number of nitrogen functional groups attached to an aromatic ring is 1. The number of carbonyl (C=O) groups excluding carboxylic acids is 1.